The van der Waals surface area contributed by atoms with Crippen LogP contribution in [0.1, 0.15) is 33.1 Å². The number of nitrogens with two attached hydrogens (primary N) is 1. The van der Waals surface area contributed by atoms with Crippen LogP contribution < -0.4 is 5.73 Å². The molecule has 0 aromatic rings. The van der Waals surface area contributed by atoms with Gasteiger partial charge in [0.1, 0.15) is 0 Å². The van der Waals surface area contributed by atoms with E-state index in [-0.39, 0.29) is 0 Å². The molecule has 1 heteroatoms. The van der Waals surface area contributed by atoms with Crippen molar-refractivity contribution in [1.82, 2.24) is 0 Å². The summed E-state index contributed by atoms with van der Waals surface area (Å²) in [5, 5.41) is 0. The van der Waals surface area contributed by atoms with Crippen LogP contribution in [0, 0.1) is 24.2 Å². The Balaban J connectivity index is 3.37. The van der Waals surface area contributed by atoms with Crippen molar-refractivity contribution in [2.24, 2.45) is 17.6 Å². The molecule has 2 unspecified atom stereocenters. The van der Waals surface area contributed by atoms with Gasteiger partial charge in [-0.2, -0.15) is 0 Å². The molecule has 64 valence electrons. The molecule has 0 aromatic carbocycles. The van der Waals surface area contributed by atoms with Gasteiger partial charge in [0.2, 0.25) is 0 Å². The summed E-state index contributed by atoms with van der Waals surface area (Å²) < 4.78 is 0. The second-order valence-corrected chi connectivity index (χ2v) is 3.29. The molecule has 1 nitrogen and oxygen atoms in total. The number of hydrogen-bond acceptors (Lipinski definition) is 1. The fourth-order valence-corrected chi connectivity index (χ4v) is 1.04. The van der Waals surface area contributed by atoms with E-state index >= 15 is 0 Å². The molecule has 0 saturated heterocycles. The lowest BCUT2D eigenvalue weighted by Crippen LogP contribution is -2.18. The van der Waals surface area contributed by atoms with E-state index in [1.807, 2.05) is 0 Å². The fraction of sp³-hybridized carbons (Fsp3) is 0.800. The number of rotatable bonds is 5. The van der Waals surface area contributed by atoms with E-state index < -0.39 is 0 Å². The van der Waals surface area contributed by atoms with Gasteiger partial charge in [-0.25, -0.2) is 0 Å². The maximum absolute atomic E-state index is 5.54. The Morgan fingerprint density at radius 2 is 2.00 bits per heavy atom. The summed E-state index contributed by atoms with van der Waals surface area (Å²) in [6.07, 6.45) is 8.40. The quantitative estimate of drug-likeness (QED) is 0.474. The highest BCUT2D eigenvalue weighted by Gasteiger charge is 2.08. The Morgan fingerprint density at radius 1 is 1.36 bits per heavy atom. The van der Waals surface area contributed by atoms with E-state index in [2.05, 4.69) is 19.8 Å². The second kappa shape index (κ2) is 6.24. The Kier molecular flexibility index (Phi) is 5.97. The van der Waals surface area contributed by atoms with E-state index in [0.717, 1.165) is 19.4 Å². The predicted octanol–water partition coefficient (Wildman–Crippen LogP) is 2.02. The maximum atomic E-state index is 5.54. The molecule has 0 spiro atoms. The summed E-state index contributed by atoms with van der Waals surface area (Å²) >= 11 is 0. The van der Waals surface area contributed by atoms with Crippen LogP contribution in [0.2, 0.25) is 0 Å². The van der Waals surface area contributed by atoms with Crippen LogP contribution in [0.15, 0.2) is 0 Å². The van der Waals surface area contributed by atoms with Crippen molar-refractivity contribution in [3.63, 3.8) is 0 Å². The Hall–Kier alpha value is -0.480. The van der Waals surface area contributed by atoms with Gasteiger partial charge in [-0.05, 0) is 31.2 Å². The van der Waals surface area contributed by atoms with Crippen LogP contribution in [-0.4, -0.2) is 6.54 Å². The van der Waals surface area contributed by atoms with Gasteiger partial charge in [-0.3, -0.25) is 0 Å². The van der Waals surface area contributed by atoms with Crippen molar-refractivity contribution in [2.75, 3.05) is 6.54 Å². The minimum atomic E-state index is 0.632. The molecular formula is C10H19N. The molecule has 0 aliphatic rings. The van der Waals surface area contributed by atoms with Crippen LogP contribution in [-0.2, 0) is 0 Å². The monoisotopic (exact) mass is 153 g/mol. The molecule has 11 heavy (non-hydrogen) atoms. The zero-order chi connectivity index (χ0) is 8.69. The van der Waals surface area contributed by atoms with Gasteiger partial charge in [0.25, 0.3) is 0 Å². The zero-order valence-electron chi connectivity index (χ0n) is 7.64. The first-order valence-corrected chi connectivity index (χ1v) is 4.36. The van der Waals surface area contributed by atoms with Gasteiger partial charge in [0.05, 0.1) is 0 Å². The summed E-state index contributed by atoms with van der Waals surface area (Å²) in [6.45, 7) is 5.23. The predicted molar refractivity (Wildman–Crippen MR) is 50.1 cm³/mol. The molecule has 0 heterocycles. The highest BCUT2D eigenvalue weighted by atomic mass is 14.5. The normalized spacial score (nSPS) is 15.5. The van der Waals surface area contributed by atoms with Crippen molar-refractivity contribution in [2.45, 2.75) is 33.1 Å². The van der Waals surface area contributed by atoms with Crippen molar-refractivity contribution in [3.8, 4) is 12.3 Å². The van der Waals surface area contributed by atoms with Crippen LogP contribution in [0.4, 0.5) is 0 Å². The van der Waals surface area contributed by atoms with Crippen molar-refractivity contribution < 1.29 is 0 Å². The maximum Gasteiger partial charge on any atom is 0.00861 e. The Morgan fingerprint density at radius 3 is 2.45 bits per heavy atom. The largest absolute Gasteiger partial charge is 0.330 e. The van der Waals surface area contributed by atoms with E-state index in [0.29, 0.717) is 11.8 Å². The van der Waals surface area contributed by atoms with E-state index in [1.165, 1.54) is 6.42 Å². The molecular weight excluding hydrogens is 134 g/mol. The van der Waals surface area contributed by atoms with Crippen LogP contribution in [0.5, 0.6) is 0 Å². The van der Waals surface area contributed by atoms with Crippen LogP contribution in [0.3, 0.4) is 0 Å². The molecule has 2 atom stereocenters. The van der Waals surface area contributed by atoms with Gasteiger partial charge in [-0.15, -0.1) is 12.3 Å². The molecule has 0 bridgehead atoms. The molecule has 0 aromatic heterocycles. The lowest BCUT2D eigenvalue weighted by atomic mass is 9.91. The fourth-order valence-electron chi connectivity index (χ4n) is 1.04. The van der Waals surface area contributed by atoms with E-state index in [9.17, 15) is 0 Å². The molecule has 0 aliphatic heterocycles. The zero-order valence-corrected chi connectivity index (χ0v) is 7.64. The highest BCUT2D eigenvalue weighted by Crippen LogP contribution is 2.16. The third-order valence-corrected chi connectivity index (χ3v) is 2.32. The highest BCUT2D eigenvalue weighted by molar-refractivity contribution is 4.83. The first-order chi connectivity index (χ1) is 5.22. The Labute approximate surface area is 70.4 Å². The summed E-state index contributed by atoms with van der Waals surface area (Å²) in [5.41, 5.74) is 5.54. The Bertz CT molecular complexity index is 123. The van der Waals surface area contributed by atoms with Gasteiger partial charge in [0.15, 0.2) is 0 Å². The number of terminal acetylenes is 1. The molecule has 0 rings (SSSR count). The second-order valence-electron chi connectivity index (χ2n) is 3.29. The molecule has 0 amide bonds. The number of unbranched alkanes of at least 4 members (excludes halogenated alkanes) is 1. The molecule has 2 N–H and O–H groups in total. The lowest BCUT2D eigenvalue weighted by Gasteiger charge is -2.16. The average molecular weight is 153 g/mol. The molecule has 0 aliphatic carbocycles. The van der Waals surface area contributed by atoms with Crippen LogP contribution >= 0.6 is 0 Å². The minimum Gasteiger partial charge on any atom is -0.330 e. The van der Waals surface area contributed by atoms with Gasteiger partial charge >= 0.3 is 0 Å². The number of hydrogen-bond donors (Lipinski definition) is 1. The average Bonchev–Trinajstić information content (AvgIpc) is 2.03. The van der Waals surface area contributed by atoms with Crippen molar-refractivity contribution >= 4 is 0 Å². The first-order valence-electron chi connectivity index (χ1n) is 4.36. The molecule has 0 saturated carbocycles. The summed E-state index contributed by atoms with van der Waals surface area (Å²) in [5.74, 6) is 4.00. The van der Waals surface area contributed by atoms with E-state index in [4.69, 9.17) is 12.2 Å². The van der Waals surface area contributed by atoms with Gasteiger partial charge in [-0.1, -0.05) is 13.8 Å². The third kappa shape index (κ3) is 4.86. The third-order valence-electron chi connectivity index (χ3n) is 2.32. The van der Waals surface area contributed by atoms with Gasteiger partial charge < -0.3 is 5.73 Å². The standard InChI is InChI=1S/C10H19N/c1-4-5-6-7-9(2)10(3)8-11/h1,9-10H,5-8,11H2,2-3H3. The smallest absolute Gasteiger partial charge is 0.00861 e. The van der Waals surface area contributed by atoms with Crippen molar-refractivity contribution in [3.05, 3.63) is 0 Å². The lowest BCUT2D eigenvalue weighted by molar-refractivity contribution is 0.365. The topological polar surface area (TPSA) is 26.0 Å². The molecule has 0 fully saturated rings. The SMILES string of the molecule is C#CCCCC(C)C(C)CN. The van der Waals surface area contributed by atoms with Crippen molar-refractivity contribution in [1.29, 1.82) is 0 Å². The first kappa shape index (κ1) is 10.5. The van der Waals surface area contributed by atoms with E-state index in [1.54, 1.807) is 0 Å². The van der Waals surface area contributed by atoms with Crippen LogP contribution in [0.25, 0.3) is 0 Å². The van der Waals surface area contributed by atoms with Gasteiger partial charge in [0, 0.05) is 6.42 Å². The summed E-state index contributed by atoms with van der Waals surface area (Å²) in [4.78, 5) is 0. The summed E-state index contributed by atoms with van der Waals surface area (Å²) in [7, 11) is 0. The minimum absolute atomic E-state index is 0.632. The molecule has 0 radical (unpaired) electrons. The summed E-state index contributed by atoms with van der Waals surface area (Å²) in [6, 6.07) is 0.